The first-order valence-electron chi connectivity index (χ1n) is 6.61. The van der Waals surface area contributed by atoms with E-state index in [2.05, 4.69) is 4.98 Å². The normalized spacial score (nSPS) is 11.0. The van der Waals surface area contributed by atoms with Crippen molar-refractivity contribution >= 4 is 11.0 Å². The third-order valence-electron chi connectivity index (χ3n) is 3.46. The molecule has 21 heavy (non-hydrogen) atoms. The van der Waals surface area contributed by atoms with Crippen molar-refractivity contribution in [2.75, 3.05) is 0 Å². The Morgan fingerprint density at radius 3 is 2.67 bits per heavy atom. The van der Waals surface area contributed by atoms with Crippen molar-refractivity contribution < 1.29 is 4.39 Å². The maximum atomic E-state index is 14.3. The molecule has 1 aromatic heterocycles. The van der Waals surface area contributed by atoms with Gasteiger partial charge in [-0.05, 0) is 12.1 Å². The molecular weight excluding hydrogens is 269 g/mol. The Kier molecular flexibility index (Phi) is 3.50. The van der Waals surface area contributed by atoms with Crippen molar-refractivity contribution in [2.45, 2.75) is 13.1 Å². The molecule has 2 aromatic carbocycles. The van der Waals surface area contributed by atoms with E-state index in [0.29, 0.717) is 22.2 Å². The highest BCUT2D eigenvalue weighted by Crippen LogP contribution is 2.16. The quantitative estimate of drug-likeness (QED) is 0.800. The predicted octanol–water partition coefficient (Wildman–Crippen LogP) is 2.04. The van der Waals surface area contributed by atoms with Gasteiger partial charge in [0.1, 0.15) is 5.82 Å². The van der Waals surface area contributed by atoms with Gasteiger partial charge in [-0.2, -0.15) is 0 Å². The monoisotopic (exact) mass is 283 g/mol. The zero-order chi connectivity index (χ0) is 14.8. The van der Waals surface area contributed by atoms with Gasteiger partial charge in [0, 0.05) is 17.7 Å². The van der Waals surface area contributed by atoms with Gasteiger partial charge in [-0.1, -0.05) is 30.3 Å². The SMILES string of the molecule is NCc1cccc(Cn2c(=O)cnc3ccccc32)c1F. The van der Waals surface area contributed by atoms with E-state index >= 15 is 0 Å². The molecule has 0 aliphatic rings. The summed E-state index contributed by atoms with van der Waals surface area (Å²) in [5, 5.41) is 0. The van der Waals surface area contributed by atoms with Crippen LogP contribution in [-0.4, -0.2) is 9.55 Å². The molecule has 0 unspecified atom stereocenters. The van der Waals surface area contributed by atoms with Crippen molar-refractivity contribution in [1.29, 1.82) is 0 Å². The first-order valence-corrected chi connectivity index (χ1v) is 6.61. The highest BCUT2D eigenvalue weighted by atomic mass is 19.1. The molecule has 3 rings (SSSR count). The van der Waals surface area contributed by atoms with E-state index in [9.17, 15) is 9.18 Å². The number of halogens is 1. The summed E-state index contributed by atoms with van der Waals surface area (Å²) in [7, 11) is 0. The van der Waals surface area contributed by atoms with Crippen LogP contribution < -0.4 is 11.3 Å². The zero-order valence-electron chi connectivity index (χ0n) is 11.3. The molecule has 106 valence electrons. The van der Waals surface area contributed by atoms with Crippen LogP contribution in [0.25, 0.3) is 11.0 Å². The number of para-hydroxylation sites is 2. The van der Waals surface area contributed by atoms with Crippen molar-refractivity contribution in [1.82, 2.24) is 9.55 Å². The summed E-state index contributed by atoms with van der Waals surface area (Å²) in [4.78, 5) is 16.1. The third-order valence-corrected chi connectivity index (χ3v) is 3.46. The van der Waals surface area contributed by atoms with Gasteiger partial charge in [-0.25, -0.2) is 9.37 Å². The molecule has 0 fully saturated rings. The Labute approximate surface area is 120 Å². The Bertz CT molecular complexity index is 858. The largest absolute Gasteiger partial charge is 0.326 e. The number of benzene rings is 2. The zero-order valence-corrected chi connectivity index (χ0v) is 11.3. The Morgan fingerprint density at radius 1 is 1.10 bits per heavy atom. The van der Waals surface area contributed by atoms with Gasteiger partial charge in [0.25, 0.3) is 5.56 Å². The summed E-state index contributed by atoms with van der Waals surface area (Å²) in [5.74, 6) is -0.354. The van der Waals surface area contributed by atoms with Crippen molar-refractivity contribution in [3.63, 3.8) is 0 Å². The minimum absolute atomic E-state index is 0.131. The first kappa shape index (κ1) is 13.5. The van der Waals surface area contributed by atoms with Gasteiger partial charge in [0.15, 0.2) is 0 Å². The average molecular weight is 283 g/mol. The second-order valence-corrected chi connectivity index (χ2v) is 4.77. The van der Waals surface area contributed by atoms with Gasteiger partial charge in [-0.15, -0.1) is 0 Å². The summed E-state index contributed by atoms with van der Waals surface area (Å²) in [6.07, 6.45) is 1.26. The molecule has 0 saturated heterocycles. The fourth-order valence-corrected chi connectivity index (χ4v) is 2.36. The van der Waals surface area contributed by atoms with Crippen LogP contribution in [0.1, 0.15) is 11.1 Å². The van der Waals surface area contributed by atoms with Crippen LogP contribution >= 0.6 is 0 Å². The highest BCUT2D eigenvalue weighted by Gasteiger charge is 2.10. The molecular formula is C16H14FN3O. The Hall–Kier alpha value is -2.53. The number of fused-ring (bicyclic) bond motifs is 1. The molecule has 1 heterocycles. The summed E-state index contributed by atoms with van der Waals surface area (Å²) >= 11 is 0. The van der Waals surface area contributed by atoms with E-state index in [-0.39, 0.29) is 24.5 Å². The average Bonchev–Trinajstić information content (AvgIpc) is 2.52. The molecule has 0 bridgehead atoms. The number of nitrogens with two attached hydrogens (primary N) is 1. The summed E-state index contributed by atoms with van der Waals surface area (Å²) in [6, 6.07) is 12.3. The van der Waals surface area contributed by atoms with Crippen LogP contribution in [0, 0.1) is 5.82 Å². The second-order valence-electron chi connectivity index (χ2n) is 4.77. The van der Waals surface area contributed by atoms with E-state index in [1.165, 1.54) is 10.8 Å². The molecule has 5 heteroatoms. The van der Waals surface area contributed by atoms with Crippen LogP contribution in [0.15, 0.2) is 53.5 Å². The van der Waals surface area contributed by atoms with E-state index in [0.717, 1.165) is 0 Å². The van der Waals surface area contributed by atoms with Crippen LogP contribution in [0.2, 0.25) is 0 Å². The minimum atomic E-state index is -0.354. The first-order chi connectivity index (χ1) is 10.2. The molecule has 0 atom stereocenters. The fraction of sp³-hybridized carbons (Fsp3) is 0.125. The van der Waals surface area contributed by atoms with Crippen LogP contribution in [0.4, 0.5) is 4.39 Å². The van der Waals surface area contributed by atoms with Gasteiger partial charge in [-0.3, -0.25) is 4.79 Å². The lowest BCUT2D eigenvalue weighted by molar-refractivity contribution is 0.584. The van der Waals surface area contributed by atoms with Crippen LogP contribution in [-0.2, 0) is 13.1 Å². The third kappa shape index (κ3) is 2.43. The number of hydrogen-bond acceptors (Lipinski definition) is 3. The predicted molar refractivity (Wildman–Crippen MR) is 79.4 cm³/mol. The molecule has 0 spiro atoms. The van der Waals surface area contributed by atoms with Gasteiger partial charge >= 0.3 is 0 Å². The van der Waals surface area contributed by atoms with Crippen molar-refractivity contribution in [2.24, 2.45) is 5.73 Å². The van der Waals surface area contributed by atoms with Crippen molar-refractivity contribution in [3.05, 3.63) is 76.0 Å². The topological polar surface area (TPSA) is 60.9 Å². The maximum Gasteiger partial charge on any atom is 0.269 e. The van der Waals surface area contributed by atoms with E-state index in [4.69, 9.17) is 5.73 Å². The molecule has 0 saturated carbocycles. The molecule has 0 radical (unpaired) electrons. The smallest absolute Gasteiger partial charge is 0.269 e. The second kappa shape index (κ2) is 5.46. The molecule has 0 aliphatic heterocycles. The number of rotatable bonds is 3. The molecule has 2 N–H and O–H groups in total. The number of nitrogens with zero attached hydrogens (tertiary/aromatic N) is 2. The molecule has 0 aliphatic carbocycles. The summed E-state index contributed by atoms with van der Waals surface area (Å²) in [5.41, 5.74) is 7.53. The number of hydrogen-bond donors (Lipinski definition) is 1. The van der Waals surface area contributed by atoms with Crippen LogP contribution in [0.3, 0.4) is 0 Å². The van der Waals surface area contributed by atoms with Gasteiger partial charge in [0.05, 0.1) is 23.8 Å². The lowest BCUT2D eigenvalue weighted by Crippen LogP contribution is -2.21. The fourth-order valence-electron chi connectivity index (χ4n) is 2.36. The highest BCUT2D eigenvalue weighted by molar-refractivity contribution is 5.74. The maximum absolute atomic E-state index is 14.3. The molecule has 0 amide bonds. The minimum Gasteiger partial charge on any atom is -0.326 e. The standard InChI is InChI=1S/C16H14FN3O/c17-16-11(8-18)4-3-5-12(16)10-20-14-7-2-1-6-13(14)19-9-15(20)21/h1-7,9H,8,10,18H2. The Balaban J connectivity index is 2.15. The van der Waals surface area contributed by atoms with E-state index < -0.39 is 0 Å². The molecule has 3 aromatic rings. The van der Waals surface area contributed by atoms with E-state index in [1.807, 2.05) is 18.2 Å². The lowest BCUT2D eigenvalue weighted by Gasteiger charge is -2.11. The number of aromatic nitrogens is 2. The van der Waals surface area contributed by atoms with E-state index in [1.54, 1.807) is 24.3 Å². The van der Waals surface area contributed by atoms with Gasteiger partial charge in [0.2, 0.25) is 0 Å². The Morgan fingerprint density at radius 2 is 1.86 bits per heavy atom. The molecule has 4 nitrogen and oxygen atoms in total. The van der Waals surface area contributed by atoms with Crippen LogP contribution in [0.5, 0.6) is 0 Å². The van der Waals surface area contributed by atoms with Crippen molar-refractivity contribution in [3.8, 4) is 0 Å². The lowest BCUT2D eigenvalue weighted by atomic mass is 10.1. The van der Waals surface area contributed by atoms with Gasteiger partial charge < -0.3 is 10.3 Å². The summed E-state index contributed by atoms with van der Waals surface area (Å²) in [6.45, 7) is 0.285. The summed E-state index contributed by atoms with van der Waals surface area (Å²) < 4.78 is 15.8.